The van der Waals surface area contributed by atoms with E-state index in [9.17, 15) is 4.79 Å². The number of aldehydes is 1. The summed E-state index contributed by atoms with van der Waals surface area (Å²) in [5.41, 5.74) is 0.998. The zero-order valence-corrected chi connectivity index (χ0v) is 8.91. The average Bonchev–Trinajstić information content (AvgIpc) is 2.21. The van der Waals surface area contributed by atoms with Gasteiger partial charge in [0, 0.05) is 0 Å². The summed E-state index contributed by atoms with van der Waals surface area (Å²) in [6.07, 6.45) is 0.870. The van der Waals surface area contributed by atoms with E-state index in [1.54, 1.807) is 0 Å². The summed E-state index contributed by atoms with van der Waals surface area (Å²) in [4.78, 5) is 10.1. The van der Waals surface area contributed by atoms with Gasteiger partial charge in [-0.25, -0.2) is 0 Å². The van der Waals surface area contributed by atoms with Gasteiger partial charge < -0.3 is 4.79 Å². The van der Waals surface area contributed by atoms with E-state index in [2.05, 4.69) is 15.9 Å². The van der Waals surface area contributed by atoms with Gasteiger partial charge in [0.2, 0.25) is 0 Å². The van der Waals surface area contributed by atoms with Crippen molar-refractivity contribution in [3.8, 4) is 0 Å². The van der Waals surface area contributed by atoms with Crippen LogP contribution in [0.3, 0.4) is 0 Å². The van der Waals surface area contributed by atoms with Gasteiger partial charge in [0.15, 0.2) is 0 Å². The molecule has 0 saturated carbocycles. The summed E-state index contributed by atoms with van der Waals surface area (Å²) >= 11 is 3.22. The molecule has 66 valence electrons. The first-order valence-corrected chi connectivity index (χ1v) is 4.90. The van der Waals surface area contributed by atoms with Crippen LogP contribution in [0.4, 0.5) is 0 Å². The van der Waals surface area contributed by atoms with Gasteiger partial charge in [0.25, 0.3) is 0 Å². The fourth-order valence-electron chi connectivity index (χ4n) is 0.715. The molecule has 1 rings (SSSR count). The van der Waals surface area contributed by atoms with E-state index in [1.807, 2.05) is 44.2 Å². The van der Waals surface area contributed by atoms with E-state index >= 15 is 0 Å². The predicted octanol–water partition coefficient (Wildman–Crippen LogP) is 3.35. The Bertz CT molecular complexity index is 208. The highest BCUT2D eigenvalue weighted by atomic mass is 79.9. The Kier molecular flexibility index (Phi) is 6.67. The summed E-state index contributed by atoms with van der Waals surface area (Å²) in [5, 5.41) is 0. The molecule has 0 aliphatic rings. The molecule has 0 N–H and O–H groups in total. The zero-order valence-electron chi connectivity index (χ0n) is 7.33. The lowest BCUT2D eigenvalue weighted by Crippen LogP contribution is -1.88. The Labute approximate surface area is 81.9 Å². The lowest BCUT2D eigenvalue weighted by molar-refractivity contribution is -0.107. The van der Waals surface area contributed by atoms with Gasteiger partial charge >= 0.3 is 0 Å². The van der Waals surface area contributed by atoms with Crippen molar-refractivity contribution in [1.29, 1.82) is 0 Å². The number of carbonyl (C=O) groups excluding carboxylic acids is 1. The summed E-state index contributed by atoms with van der Waals surface area (Å²) in [7, 11) is 0. The maximum absolute atomic E-state index is 10.3. The van der Waals surface area contributed by atoms with Crippen LogP contribution < -0.4 is 0 Å². The van der Waals surface area contributed by atoms with Crippen molar-refractivity contribution in [1.82, 2.24) is 0 Å². The molecule has 0 bridgehead atoms. The summed E-state index contributed by atoms with van der Waals surface area (Å²) in [6.45, 7) is 4.00. The van der Waals surface area contributed by atoms with Crippen LogP contribution >= 0.6 is 15.9 Å². The molecule has 0 saturated heterocycles. The Morgan fingerprint density at radius 3 is 2.17 bits per heavy atom. The van der Waals surface area contributed by atoms with Gasteiger partial charge in [0.1, 0.15) is 6.29 Å². The smallest absolute Gasteiger partial charge is 0.138 e. The highest BCUT2D eigenvalue weighted by Gasteiger charge is 2.01. The van der Waals surface area contributed by atoms with Crippen molar-refractivity contribution in [2.24, 2.45) is 0 Å². The van der Waals surface area contributed by atoms with Crippen molar-refractivity contribution in [3.63, 3.8) is 0 Å². The van der Waals surface area contributed by atoms with Crippen LogP contribution in [0.5, 0.6) is 0 Å². The van der Waals surface area contributed by atoms with Crippen LogP contribution in [0.2, 0.25) is 0 Å². The second-order valence-electron chi connectivity index (χ2n) is 1.95. The van der Waals surface area contributed by atoms with Crippen LogP contribution in [-0.2, 0) is 4.79 Å². The van der Waals surface area contributed by atoms with Gasteiger partial charge in [-0.1, -0.05) is 60.1 Å². The highest BCUT2D eigenvalue weighted by molar-refractivity contribution is 9.09. The van der Waals surface area contributed by atoms with Crippen molar-refractivity contribution < 1.29 is 4.79 Å². The maximum atomic E-state index is 10.3. The van der Waals surface area contributed by atoms with Gasteiger partial charge in [-0.3, -0.25) is 0 Å². The third-order valence-electron chi connectivity index (χ3n) is 1.24. The summed E-state index contributed by atoms with van der Waals surface area (Å²) in [6, 6.07) is 9.57. The van der Waals surface area contributed by atoms with E-state index in [0.29, 0.717) is 0 Å². The molecular weight excluding hydrogens is 216 g/mol. The number of hydrogen-bond acceptors (Lipinski definition) is 1. The predicted molar refractivity (Wildman–Crippen MR) is 55.5 cm³/mol. The number of rotatable bonds is 2. The number of carbonyl (C=O) groups is 1. The molecule has 1 nitrogen and oxygen atoms in total. The van der Waals surface area contributed by atoms with Crippen LogP contribution in [0.1, 0.15) is 24.2 Å². The number of halogens is 1. The number of hydrogen-bond donors (Lipinski definition) is 0. The first kappa shape index (κ1) is 11.4. The van der Waals surface area contributed by atoms with Crippen molar-refractivity contribution in [3.05, 3.63) is 35.9 Å². The average molecular weight is 229 g/mol. The van der Waals surface area contributed by atoms with Crippen LogP contribution in [0.15, 0.2) is 30.3 Å². The molecule has 0 aromatic heterocycles. The normalized spacial score (nSPS) is 10.9. The number of benzene rings is 1. The van der Waals surface area contributed by atoms with Crippen molar-refractivity contribution in [2.75, 3.05) is 0 Å². The van der Waals surface area contributed by atoms with Crippen molar-refractivity contribution >= 4 is 22.2 Å². The van der Waals surface area contributed by atoms with Gasteiger partial charge in [-0.2, -0.15) is 0 Å². The second-order valence-corrected chi connectivity index (χ2v) is 2.94. The Morgan fingerprint density at radius 2 is 1.75 bits per heavy atom. The molecule has 0 fully saturated rings. The third-order valence-corrected chi connectivity index (χ3v) is 1.98. The van der Waals surface area contributed by atoms with E-state index in [-0.39, 0.29) is 4.83 Å². The molecule has 1 atom stereocenters. The minimum absolute atomic E-state index is 0.159. The lowest BCUT2D eigenvalue weighted by Gasteiger charge is -1.98. The van der Waals surface area contributed by atoms with Crippen LogP contribution in [0.25, 0.3) is 0 Å². The molecular formula is C10H13BrO. The Balaban J connectivity index is 0.000000561. The van der Waals surface area contributed by atoms with Crippen LogP contribution in [-0.4, -0.2) is 6.29 Å². The summed E-state index contributed by atoms with van der Waals surface area (Å²) in [5.74, 6) is 0. The molecule has 0 radical (unpaired) electrons. The minimum atomic E-state index is -0.159. The first-order valence-electron chi connectivity index (χ1n) is 3.99. The molecule has 0 aliphatic carbocycles. The summed E-state index contributed by atoms with van der Waals surface area (Å²) < 4.78 is 0. The second kappa shape index (κ2) is 7.04. The molecule has 0 spiro atoms. The van der Waals surface area contributed by atoms with Crippen LogP contribution in [0, 0.1) is 0 Å². The van der Waals surface area contributed by atoms with E-state index in [0.717, 1.165) is 11.8 Å². The fraction of sp³-hybridized carbons (Fsp3) is 0.300. The van der Waals surface area contributed by atoms with Crippen molar-refractivity contribution in [2.45, 2.75) is 18.7 Å². The molecule has 1 aromatic carbocycles. The number of alkyl halides is 1. The van der Waals surface area contributed by atoms with E-state index in [1.165, 1.54) is 0 Å². The highest BCUT2D eigenvalue weighted by Crippen LogP contribution is 2.18. The maximum Gasteiger partial charge on any atom is 0.138 e. The largest absolute Gasteiger partial charge is 0.302 e. The molecule has 12 heavy (non-hydrogen) atoms. The zero-order chi connectivity index (χ0) is 9.40. The molecule has 1 unspecified atom stereocenters. The quantitative estimate of drug-likeness (QED) is 0.561. The fourth-order valence-corrected chi connectivity index (χ4v) is 1.02. The van der Waals surface area contributed by atoms with E-state index < -0.39 is 0 Å². The van der Waals surface area contributed by atoms with E-state index in [4.69, 9.17) is 0 Å². The lowest BCUT2D eigenvalue weighted by atomic mass is 10.2. The van der Waals surface area contributed by atoms with Gasteiger partial charge in [-0.15, -0.1) is 0 Å². The standard InChI is InChI=1S/C8H7BrO.C2H6/c9-8(6-10)7-4-2-1-3-5-7;1-2/h1-6,8H;1-2H3. The minimum Gasteiger partial charge on any atom is -0.302 e. The topological polar surface area (TPSA) is 17.1 Å². The third kappa shape index (κ3) is 3.67. The monoisotopic (exact) mass is 228 g/mol. The molecule has 0 heterocycles. The molecule has 0 aliphatic heterocycles. The Hall–Kier alpha value is -0.630. The molecule has 1 aromatic rings. The van der Waals surface area contributed by atoms with Gasteiger partial charge in [-0.05, 0) is 5.56 Å². The molecule has 0 amide bonds. The van der Waals surface area contributed by atoms with Gasteiger partial charge in [0.05, 0.1) is 4.83 Å². The Morgan fingerprint density at radius 1 is 1.25 bits per heavy atom. The molecule has 2 heteroatoms. The SMILES string of the molecule is CC.O=CC(Br)c1ccccc1. The first-order chi connectivity index (χ1) is 5.84.